The molecule has 1 aromatic heterocycles. The molecule has 29 heavy (non-hydrogen) atoms. The summed E-state index contributed by atoms with van der Waals surface area (Å²) in [5, 5.41) is 0.819. The van der Waals surface area contributed by atoms with Crippen molar-refractivity contribution in [2.45, 2.75) is 33.3 Å². The molecular formula is C23H24O6. The molecular weight excluding hydrogens is 372 g/mol. The highest BCUT2D eigenvalue weighted by molar-refractivity contribution is 5.82. The molecule has 3 aromatic rings. The van der Waals surface area contributed by atoms with Gasteiger partial charge in [-0.25, -0.2) is 4.79 Å². The van der Waals surface area contributed by atoms with E-state index in [0.29, 0.717) is 29.3 Å². The van der Waals surface area contributed by atoms with Crippen molar-refractivity contribution >= 4 is 16.9 Å². The Hall–Kier alpha value is -3.28. The number of fused-ring (bicyclic) bond motifs is 1. The number of esters is 1. The zero-order chi connectivity index (χ0) is 20.8. The summed E-state index contributed by atoms with van der Waals surface area (Å²) in [6.45, 7) is 4.41. The smallest absolute Gasteiger partial charge is 0.339 e. The zero-order valence-corrected chi connectivity index (χ0v) is 16.8. The first kappa shape index (κ1) is 20.5. The minimum absolute atomic E-state index is 0.0874. The molecule has 0 atom stereocenters. The SMILES string of the molecule is CCOc1ccccc1COC(=O)CCc1c(C)c2ccc(OC)cc2oc1=O. The lowest BCUT2D eigenvalue weighted by Crippen LogP contribution is -2.14. The maximum atomic E-state index is 12.4. The van der Waals surface area contributed by atoms with Crippen LogP contribution in [-0.4, -0.2) is 19.7 Å². The quantitative estimate of drug-likeness (QED) is 0.420. The van der Waals surface area contributed by atoms with E-state index in [2.05, 4.69) is 0 Å². The van der Waals surface area contributed by atoms with Crippen molar-refractivity contribution in [1.29, 1.82) is 0 Å². The van der Waals surface area contributed by atoms with Crippen molar-refractivity contribution in [3.63, 3.8) is 0 Å². The highest BCUT2D eigenvalue weighted by Crippen LogP contribution is 2.24. The third-order valence-corrected chi connectivity index (χ3v) is 4.73. The van der Waals surface area contributed by atoms with Gasteiger partial charge >= 0.3 is 11.6 Å². The van der Waals surface area contributed by atoms with E-state index in [0.717, 1.165) is 16.5 Å². The van der Waals surface area contributed by atoms with Crippen LogP contribution in [0.4, 0.5) is 0 Å². The standard InChI is InChI=1S/C23H24O6/c1-4-27-20-8-6-5-7-16(20)14-28-22(24)12-11-19-15(2)18-10-9-17(26-3)13-21(18)29-23(19)25/h5-10,13H,4,11-12,14H2,1-3H3. The van der Waals surface area contributed by atoms with Crippen molar-refractivity contribution in [1.82, 2.24) is 0 Å². The number of methoxy groups -OCH3 is 1. The number of benzene rings is 2. The highest BCUT2D eigenvalue weighted by atomic mass is 16.5. The third-order valence-electron chi connectivity index (χ3n) is 4.73. The van der Waals surface area contributed by atoms with Crippen LogP contribution in [0, 0.1) is 6.92 Å². The molecule has 152 valence electrons. The molecule has 0 saturated carbocycles. The number of hydrogen-bond acceptors (Lipinski definition) is 6. The normalized spacial score (nSPS) is 10.7. The predicted octanol–water partition coefficient (Wildman–Crippen LogP) is 4.18. The second kappa shape index (κ2) is 9.28. The van der Waals surface area contributed by atoms with E-state index < -0.39 is 5.63 Å². The average molecular weight is 396 g/mol. The first-order valence-electron chi connectivity index (χ1n) is 9.50. The summed E-state index contributed by atoms with van der Waals surface area (Å²) in [5.41, 5.74) is 2.10. The lowest BCUT2D eigenvalue weighted by molar-refractivity contribution is -0.144. The molecule has 6 heteroatoms. The first-order chi connectivity index (χ1) is 14.0. The van der Waals surface area contributed by atoms with Gasteiger partial charge in [-0.05, 0) is 44.0 Å². The molecule has 0 bridgehead atoms. The largest absolute Gasteiger partial charge is 0.497 e. The second-order valence-corrected chi connectivity index (χ2v) is 6.56. The molecule has 0 unspecified atom stereocenters. The summed E-state index contributed by atoms with van der Waals surface area (Å²) in [7, 11) is 1.55. The van der Waals surface area contributed by atoms with E-state index >= 15 is 0 Å². The molecule has 3 rings (SSSR count). The van der Waals surface area contributed by atoms with Crippen LogP contribution in [0.5, 0.6) is 11.5 Å². The Kier molecular flexibility index (Phi) is 6.54. The van der Waals surface area contributed by atoms with E-state index in [-0.39, 0.29) is 25.4 Å². The van der Waals surface area contributed by atoms with Crippen molar-refractivity contribution in [3.05, 3.63) is 69.6 Å². The molecule has 0 saturated heterocycles. The van der Waals surface area contributed by atoms with Crippen LogP contribution in [0.2, 0.25) is 0 Å². The van der Waals surface area contributed by atoms with E-state index in [1.807, 2.05) is 50.2 Å². The van der Waals surface area contributed by atoms with Crippen LogP contribution in [0.15, 0.2) is 51.7 Å². The fourth-order valence-electron chi connectivity index (χ4n) is 3.17. The molecule has 0 spiro atoms. The number of para-hydroxylation sites is 1. The van der Waals surface area contributed by atoms with Crippen LogP contribution in [0.1, 0.15) is 30.0 Å². The molecule has 0 fully saturated rings. The van der Waals surface area contributed by atoms with Gasteiger partial charge in [-0.1, -0.05) is 18.2 Å². The Balaban J connectivity index is 1.67. The lowest BCUT2D eigenvalue weighted by Gasteiger charge is -2.11. The Morgan fingerprint density at radius 2 is 1.93 bits per heavy atom. The summed E-state index contributed by atoms with van der Waals surface area (Å²) in [6.07, 6.45) is 0.339. The van der Waals surface area contributed by atoms with Crippen molar-refractivity contribution in [3.8, 4) is 11.5 Å². The molecule has 0 aliphatic heterocycles. The van der Waals surface area contributed by atoms with Crippen molar-refractivity contribution in [2.24, 2.45) is 0 Å². The molecule has 6 nitrogen and oxygen atoms in total. The molecule has 0 N–H and O–H groups in total. The molecule has 0 aliphatic rings. The van der Waals surface area contributed by atoms with Crippen LogP contribution in [0.3, 0.4) is 0 Å². The molecule has 2 aromatic carbocycles. The summed E-state index contributed by atoms with van der Waals surface area (Å²) in [5.74, 6) is 0.929. The summed E-state index contributed by atoms with van der Waals surface area (Å²) >= 11 is 0. The van der Waals surface area contributed by atoms with Crippen LogP contribution in [0.25, 0.3) is 11.0 Å². The topological polar surface area (TPSA) is 75.0 Å². The van der Waals surface area contributed by atoms with Gasteiger partial charge in [0, 0.05) is 29.0 Å². The number of carbonyl (C=O) groups is 1. The summed E-state index contributed by atoms with van der Waals surface area (Å²) in [6, 6.07) is 12.8. The van der Waals surface area contributed by atoms with Gasteiger partial charge in [0.2, 0.25) is 0 Å². The number of hydrogen-bond donors (Lipinski definition) is 0. The van der Waals surface area contributed by atoms with Gasteiger partial charge in [0.15, 0.2) is 0 Å². The Labute approximate surface area is 169 Å². The highest BCUT2D eigenvalue weighted by Gasteiger charge is 2.15. The summed E-state index contributed by atoms with van der Waals surface area (Å²) in [4.78, 5) is 24.6. The van der Waals surface area contributed by atoms with E-state index in [1.54, 1.807) is 13.2 Å². The van der Waals surface area contributed by atoms with Gasteiger partial charge in [0.25, 0.3) is 0 Å². The molecule has 1 heterocycles. The van der Waals surface area contributed by atoms with E-state index in [4.69, 9.17) is 18.6 Å². The van der Waals surface area contributed by atoms with Crippen LogP contribution < -0.4 is 15.1 Å². The Bertz CT molecular complexity index is 1070. The van der Waals surface area contributed by atoms with E-state index in [1.165, 1.54) is 0 Å². The fourth-order valence-corrected chi connectivity index (χ4v) is 3.17. The van der Waals surface area contributed by atoms with Crippen molar-refractivity contribution < 1.29 is 23.4 Å². The Morgan fingerprint density at radius 1 is 1.14 bits per heavy atom. The average Bonchev–Trinajstić information content (AvgIpc) is 2.72. The number of carbonyl (C=O) groups excluding carboxylic acids is 1. The minimum Gasteiger partial charge on any atom is -0.497 e. The molecule has 0 radical (unpaired) electrons. The van der Waals surface area contributed by atoms with Crippen LogP contribution >= 0.6 is 0 Å². The zero-order valence-electron chi connectivity index (χ0n) is 16.8. The predicted molar refractivity (Wildman–Crippen MR) is 110 cm³/mol. The minimum atomic E-state index is -0.447. The van der Waals surface area contributed by atoms with Gasteiger partial charge in [0.05, 0.1) is 13.7 Å². The number of rotatable bonds is 8. The maximum Gasteiger partial charge on any atom is 0.339 e. The Morgan fingerprint density at radius 3 is 2.69 bits per heavy atom. The van der Waals surface area contributed by atoms with Gasteiger partial charge < -0.3 is 18.6 Å². The summed E-state index contributed by atoms with van der Waals surface area (Å²) < 4.78 is 21.5. The third kappa shape index (κ3) is 4.77. The van der Waals surface area contributed by atoms with Gasteiger partial charge in [0.1, 0.15) is 23.7 Å². The fraction of sp³-hybridized carbons (Fsp3) is 0.304. The number of ether oxygens (including phenoxy) is 3. The van der Waals surface area contributed by atoms with E-state index in [9.17, 15) is 9.59 Å². The maximum absolute atomic E-state index is 12.4. The number of aryl methyl sites for hydroxylation is 1. The van der Waals surface area contributed by atoms with Gasteiger partial charge in [-0.15, -0.1) is 0 Å². The second-order valence-electron chi connectivity index (χ2n) is 6.56. The lowest BCUT2D eigenvalue weighted by atomic mass is 10.0. The van der Waals surface area contributed by atoms with Crippen molar-refractivity contribution in [2.75, 3.05) is 13.7 Å². The van der Waals surface area contributed by atoms with Crippen LogP contribution in [-0.2, 0) is 22.6 Å². The monoisotopic (exact) mass is 396 g/mol. The van der Waals surface area contributed by atoms with Gasteiger partial charge in [-0.3, -0.25) is 4.79 Å². The first-order valence-corrected chi connectivity index (χ1v) is 9.50. The van der Waals surface area contributed by atoms with Gasteiger partial charge in [-0.2, -0.15) is 0 Å². The molecule has 0 aliphatic carbocycles. The molecule has 0 amide bonds.